The molecule has 0 aliphatic carbocycles. The van der Waals surface area contributed by atoms with Crippen molar-refractivity contribution < 1.29 is 19.1 Å². The summed E-state index contributed by atoms with van der Waals surface area (Å²) in [6, 6.07) is 7.73. The smallest absolute Gasteiger partial charge is 0.340 e. The van der Waals surface area contributed by atoms with Gasteiger partial charge < -0.3 is 19.4 Å². The average molecular weight is 503 g/mol. The van der Waals surface area contributed by atoms with Crippen LogP contribution < -0.4 is 10.1 Å². The molecule has 0 saturated carbocycles. The van der Waals surface area contributed by atoms with Crippen molar-refractivity contribution in [1.29, 1.82) is 0 Å². The highest BCUT2D eigenvalue weighted by atomic mass is 32.2. The van der Waals surface area contributed by atoms with Gasteiger partial charge in [-0.15, -0.1) is 21.5 Å². The lowest BCUT2D eigenvalue weighted by atomic mass is 10.1. The maximum absolute atomic E-state index is 12.6. The topological polar surface area (TPSA) is 95.3 Å². The zero-order chi connectivity index (χ0) is 24.8. The first-order valence-corrected chi connectivity index (χ1v) is 12.9. The average Bonchev–Trinajstić information content (AvgIpc) is 3.43. The maximum Gasteiger partial charge on any atom is 0.340 e. The summed E-state index contributed by atoms with van der Waals surface area (Å²) in [5.41, 5.74) is 2.63. The lowest BCUT2D eigenvalue weighted by Crippen LogP contribution is -2.16. The highest BCUT2D eigenvalue weighted by Gasteiger charge is 2.22. The number of hydrogen-bond acceptors (Lipinski definition) is 8. The normalized spacial score (nSPS) is 11.8. The Labute approximate surface area is 208 Å². The lowest BCUT2D eigenvalue weighted by molar-refractivity contribution is -0.113. The standard InChI is InChI=1S/C24H30N4O4S2/c1-7-17-12-18(23(30)31-6)22(34-17)25-20(29)13-33-24-27-26-21(28(24)8-2)16(5)32-19-11-9-10-14(3)15(19)4/h9-12,16H,7-8,13H2,1-6H3,(H,25,29). The molecule has 10 heteroatoms. The maximum atomic E-state index is 12.6. The Kier molecular flexibility index (Phi) is 8.73. The summed E-state index contributed by atoms with van der Waals surface area (Å²) in [5.74, 6) is 0.948. The fourth-order valence-electron chi connectivity index (χ4n) is 3.36. The predicted molar refractivity (Wildman–Crippen MR) is 135 cm³/mol. The van der Waals surface area contributed by atoms with Gasteiger partial charge in [0.1, 0.15) is 10.8 Å². The Morgan fingerprint density at radius 1 is 1.24 bits per heavy atom. The fraction of sp³-hybridized carbons (Fsp3) is 0.417. The largest absolute Gasteiger partial charge is 0.482 e. The number of nitrogens with one attached hydrogen (secondary N) is 1. The fourth-order valence-corrected chi connectivity index (χ4v) is 5.17. The lowest BCUT2D eigenvalue weighted by Gasteiger charge is -2.17. The van der Waals surface area contributed by atoms with Crippen molar-refractivity contribution in [3.05, 3.63) is 51.7 Å². The minimum absolute atomic E-state index is 0.129. The molecule has 1 atom stereocenters. The molecular formula is C24H30N4O4S2. The van der Waals surface area contributed by atoms with E-state index in [2.05, 4.69) is 28.5 Å². The minimum Gasteiger partial charge on any atom is -0.482 e. The van der Waals surface area contributed by atoms with Crippen LogP contribution in [0.3, 0.4) is 0 Å². The Bertz CT molecular complexity index is 1170. The van der Waals surface area contributed by atoms with Gasteiger partial charge in [0.2, 0.25) is 5.91 Å². The zero-order valence-electron chi connectivity index (χ0n) is 20.3. The van der Waals surface area contributed by atoms with E-state index in [1.807, 2.05) is 44.4 Å². The third-order valence-electron chi connectivity index (χ3n) is 5.41. The molecule has 0 saturated heterocycles. The van der Waals surface area contributed by atoms with Gasteiger partial charge in [-0.05, 0) is 57.4 Å². The van der Waals surface area contributed by atoms with E-state index in [0.29, 0.717) is 28.1 Å². The van der Waals surface area contributed by atoms with Crippen molar-refractivity contribution in [3.63, 3.8) is 0 Å². The number of hydrogen-bond donors (Lipinski definition) is 1. The third-order valence-corrected chi connectivity index (χ3v) is 7.57. The summed E-state index contributed by atoms with van der Waals surface area (Å²) < 4.78 is 13.0. The molecule has 0 aliphatic heterocycles. The molecule has 1 unspecified atom stereocenters. The van der Waals surface area contributed by atoms with Gasteiger partial charge in [0.25, 0.3) is 0 Å². The van der Waals surface area contributed by atoms with Crippen molar-refractivity contribution in [2.45, 2.75) is 58.8 Å². The van der Waals surface area contributed by atoms with Gasteiger partial charge in [-0.1, -0.05) is 30.8 Å². The molecule has 1 amide bonds. The molecule has 1 aromatic carbocycles. The highest BCUT2D eigenvalue weighted by molar-refractivity contribution is 7.99. The Balaban J connectivity index is 1.68. The second-order valence-corrected chi connectivity index (χ2v) is 9.76. The number of rotatable bonds is 10. The summed E-state index contributed by atoms with van der Waals surface area (Å²) in [5, 5.41) is 12.6. The van der Waals surface area contributed by atoms with Crippen LogP contribution in [0.4, 0.5) is 5.00 Å². The summed E-state index contributed by atoms with van der Waals surface area (Å²) in [6.45, 7) is 10.7. The van der Waals surface area contributed by atoms with Crippen molar-refractivity contribution >= 4 is 40.0 Å². The van der Waals surface area contributed by atoms with Crippen LogP contribution >= 0.6 is 23.1 Å². The van der Waals surface area contributed by atoms with E-state index in [1.54, 1.807) is 6.07 Å². The van der Waals surface area contributed by atoms with Crippen molar-refractivity contribution in [2.75, 3.05) is 18.2 Å². The Hall–Kier alpha value is -2.85. The number of methoxy groups -OCH3 is 1. The molecule has 182 valence electrons. The van der Waals surface area contributed by atoms with E-state index in [-0.39, 0.29) is 17.8 Å². The van der Waals surface area contributed by atoms with E-state index in [9.17, 15) is 9.59 Å². The predicted octanol–water partition coefficient (Wildman–Crippen LogP) is 5.20. The number of esters is 1. The quantitative estimate of drug-likeness (QED) is 0.301. The van der Waals surface area contributed by atoms with Gasteiger partial charge in [0, 0.05) is 11.4 Å². The van der Waals surface area contributed by atoms with Crippen LogP contribution in [-0.4, -0.2) is 39.5 Å². The number of carbonyl (C=O) groups is 2. The van der Waals surface area contributed by atoms with Crippen molar-refractivity contribution in [3.8, 4) is 5.75 Å². The summed E-state index contributed by atoms with van der Waals surface area (Å²) >= 11 is 2.67. The van der Waals surface area contributed by atoms with Crippen LogP contribution in [0.2, 0.25) is 0 Å². The van der Waals surface area contributed by atoms with Crippen LogP contribution in [0.5, 0.6) is 5.75 Å². The number of aryl methyl sites for hydroxylation is 2. The Morgan fingerprint density at radius 2 is 2.00 bits per heavy atom. The highest BCUT2D eigenvalue weighted by Crippen LogP contribution is 2.30. The number of thiophene rings is 1. The number of thioether (sulfide) groups is 1. The van der Waals surface area contributed by atoms with Crippen molar-refractivity contribution in [1.82, 2.24) is 14.8 Å². The van der Waals surface area contributed by atoms with Crippen LogP contribution in [0.15, 0.2) is 29.4 Å². The summed E-state index contributed by atoms with van der Waals surface area (Å²) in [4.78, 5) is 25.7. The number of aromatic nitrogens is 3. The molecule has 34 heavy (non-hydrogen) atoms. The molecule has 0 aliphatic rings. The van der Waals surface area contributed by atoms with E-state index in [1.165, 1.54) is 30.2 Å². The van der Waals surface area contributed by atoms with Gasteiger partial charge in [-0.2, -0.15) is 0 Å². The molecular weight excluding hydrogens is 472 g/mol. The van der Waals surface area contributed by atoms with Crippen LogP contribution in [-0.2, 0) is 22.5 Å². The zero-order valence-corrected chi connectivity index (χ0v) is 21.9. The molecule has 8 nitrogen and oxygen atoms in total. The summed E-state index contributed by atoms with van der Waals surface area (Å²) in [7, 11) is 1.33. The first-order valence-electron chi connectivity index (χ1n) is 11.1. The van der Waals surface area contributed by atoms with E-state index >= 15 is 0 Å². The van der Waals surface area contributed by atoms with Gasteiger partial charge in [-0.3, -0.25) is 4.79 Å². The second-order valence-electron chi connectivity index (χ2n) is 7.68. The van der Waals surface area contributed by atoms with Gasteiger partial charge in [0.05, 0.1) is 18.4 Å². The van der Waals surface area contributed by atoms with Gasteiger partial charge in [-0.25, -0.2) is 4.79 Å². The number of anilines is 1. The molecule has 3 aromatic rings. The van der Waals surface area contributed by atoms with Crippen LogP contribution in [0.25, 0.3) is 0 Å². The summed E-state index contributed by atoms with van der Waals surface area (Å²) in [6.07, 6.45) is 0.460. The molecule has 0 spiro atoms. The Morgan fingerprint density at radius 3 is 2.68 bits per heavy atom. The molecule has 0 fully saturated rings. The minimum atomic E-state index is -0.466. The van der Waals surface area contributed by atoms with Gasteiger partial charge in [0.15, 0.2) is 17.1 Å². The second kappa shape index (κ2) is 11.5. The number of carbonyl (C=O) groups excluding carboxylic acids is 2. The number of nitrogens with zero attached hydrogens (tertiary/aromatic N) is 3. The molecule has 2 heterocycles. The molecule has 3 rings (SSSR count). The van der Waals surface area contributed by atoms with Crippen LogP contribution in [0, 0.1) is 13.8 Å². The molecule has 1 N–H and O–H groups in total. The van der Waals surface area contributed by atoms with Crippen molar-refractivity contribution in [2.24, 2.45) is 0 Å². The molecule has 0 radical (unpaired) electrons. The molecule has 2 aromatic heterocycles. The molecule has 0 bridgehead atoms. The SMILES string of the molecule is CCc1cc(C(=O)OC)c(NC(=O)CSc2nnc(C(C)Oc3cccc(C)c3C)n2CC)s1. The van der Waals surface area contributed by atoms with E-state index in [4.69, 9.17) is 9.47 Å². The first kappa shape index (κ1) is 25.8. The van der Waals surface area contributed by atoms with Gasteiger partial charge >= 0.3 is 5.97 Å². The number of benzene rings is 1. The first-order chi connectivity index (χ1) is 16.3. The van der Waals surface area contributed by atoms with E-state index in [0.717, 1.165) is 28.2 Å². The van der Waals surface area contributed by atoms with Crippen LogP contribution in [0.1, 0.15) is 59.1 Å². The monoisotopic (exact) mass is 502 g/mol. The van der Waals surface area contributed by atoms with E-state index < -0.39 is 5.97 Å². The number of ether oxygens (including phenoxy) is 2. The third kappa shape index (κ3) is 5.79. The number of amides is 1.